The molecule has 3 fully saturated rings. The van der Waals surface area contributed by atoms with E-state index in [4.69, 9.17) is 9.47 Å². The van der Waals surface area contributed by atoms with Crippen molar-refractivity contribution in [1.29, 1.82) is 0 Å². The Bertz CT molecular complexity index is 1770. The van der Waals surface area contributed by atoms with E-state index in [1.54, 1.807) is 39.8 Å². The number of ketones is 1. The van der Waals surface area contributed by atoms with Gasteiger partial charge in [0.25, 0.3) is 0 Å². The second-order valence-electron chi connectivity index (χ2n) is 16.5. The predicted molar refractivity (Wildman–Crippen MR) is 187 cm³/mol. The van der Waals surface area contributed by atoms with Crippen molar-refractivity contribution in [3.8, 4) is 0 Å². The predicted octanol–water partition coefficient (Wildman–Crippen LogP) is 5.08. The molecule has 14 heteroatoms. The lowest BCUT2D eigenvalue weighted by Gasteiger charge is -2.29. The molecule has 5 atom stereocenters. The summed E-state index contributed by atoms with van der Waals surface area (Å²) in [5.41, 5.74) is -1.00. The summed E-state index contributed by atoms with van der Waals surface area (Å²) in [6, 6.07) is 3.56. The van der Waals surface area contributed by atoms with Gasteiger partial charge in [-0.3, -0.25) is 28.8 Å². The summed E-state index contributed by atoms with van der Waals surface area (Å²) in [6.07, 6.45) is 6.17. The van der Waals surface area contributed by atoms with E-state index in [1.165, 1.54) is 15.9 Å². The lowest BCUT2D eigenvalue weighted by molar-refractivity contribution is -0.159. The first-order chi connectivity index (χ1) is 24.4. The summed E-state index contributed by atoms with van der Waals surface area (Å²) in [5, 5.41) is 0. The van der Waals surface area contributed by atoms with E-state index >= 15 is 0 Å². The Labute approximate surface area is 304 Å². The van der Waals surface area contributed by atoms with E-state index in [0.717, 1.165) is 12.8 Å². The first-order valence-electron chi connectivity index (χ1n) is 18.4. The van der Waals surface area contributed by atoms with Crippen molar-refractivity contribution in [3.63, 3.8) is 0 Å². The molecule has 2 saturated carbocycles. The summed E-state index contributed by atoms with van der Waals surface area (Å²) in [5.74, 6) is -3.74. The molecule has 52 heavy (non-hydrogen) atoms. The summed E-state index contributed by atoms with van der Waals surface area (Å²) < 4.78 is 53.3. The van der Waals surface area contributed by atoms with Crippen LogP contribution in [-0.4, -0.2) is 76.9 Å². The average Bonchev–Trinajstić information content (AvgIpc) is 3.84. The second-order valence-corrected chi connectivity index (χ2v) is 18.7. The largest absolute Gasteiger partial charge is 0.460 e. The molecule has 3 amide bonds. The number of esters is 1. The minimum Gasteiger partial charge on any atom is -0.460 e. The number of Topliss-reactive ketones (excluding diaryl/α,β-unsaturated/α-hetero) is 1. The average molecular weight is 744 g/mol. The van der Waals surface area contributed by atoms with Gasteiger partial charge in [-0.25, -0.2) is 17.6 Å². The number of sulfonamides is 1. The fourth-order valence-electron chi connectivity index (χ4n) is 7.73. The van der Waals surface area contributed by atoms with Crippen LogP contribution in [0.2, 0.25) is 0 Å². The summed E-state index contributed by atoms with van der Waals surface area (Å²) in [7, 11) is -3.97. The Hall–Kier alpha value is -3.81. The fourth-order valence-corrected chi connectivity index (χ4v) is 9.06. The third-order valence-corrected chi connectivity index (χ3v) is 13.4. The number of amides is 3. The normalized spacial score (nSPS) is 29.5. The Morgan fingerprint density at radius 3 is 2.52 bits per heavy atom. The van der Waals surface area contributed by atoms with Gasteiger partial charge in [0, 0.05) is 30.9 Å². The van der Waals surface area contributed by atoms with Crippen molar-refractivity contribution in [2.24, 2.45) is 17.3 Å². The van der Waals surface area contributed by atoms with Crippen LogP contribution < -0.4 is 4.72 Å². The van der Waals surface area contributed by atoms with Gasteiger partial charge in [-0.1, -0.05) is 37.1 Å². The quantitative estimate of drug-likeness (QED) is 0.310. The van der Waals surface area contributed by atoms with Crippen LogP contribution in [0.25, 0.3) is 0 Å². The van der Waals surface area contributed by atoms with Gasteiger partial charge in [0.05, 0.1) is 35.7 Å². The van der Waals surface area contributed by atoms with E-state index in [9.17, 15) is 36.8 Å². The third kappa shape index (κ3) is 8.06. The number of benzene rings is 1. The first-order valence-corrected chi connectivity index (χ1v) is 19.9. The molecular formula is C38H50FN3O9S. The third-order valence-electron chi connectivity index (χ3n) is 11.2. The van der Waals surface area contributed by atoms with Gasteiger partial charge in [0.15, 0.2) is 5.78 Å². The van der Waals surface area contributed by atoms with Crippen molar-refractivity contribution in [3.05, 3.63) is 47.3 Å². The molecule has 0 bridgehead atoms. The second kappa shape index (κ2) is 14.2. The van der Waals surface area contributed by atoms with Crippen LogP contribution in [0.4, 0.5) is 9.18 Å². The highest BCUT2D eigenvalue weighted by Crippen LogP contribution is 2.57. The van der Waals surface area contributed by atoms with Gasteiger partial charge in [0.1, 0.15) is 17.5 Å². The van der Waals surface area contributed by atoms with Gasteiger partial charge in [0.2, 0.25) is 21.8 Å². The van der Waals surface area contributed by atoms with Crippen molar-refractivity contribution < 1.29 is 46.3 Å². The Balaban J connectivity index is 1.26. The molecule has 12 nitrogen and oxygen atoms in total. The molecule has 284 valence electrons. The number of halogens is 1. The van der Waals surface area contributed by atoms with Crippen molar-refractivity contribution >= 4 is 39.7 Å². The molecule has 0 aromatic heterocycles. The lowest BCUT2D eigenvalue weighted by Crippen LogP contribution is -2.47. The minimum absolute atomic E-state index is 0.0189. The fraction of sp³-hybridized carbons (Fsp3) is 0.658. The number of nitrogens with zero attached hydrogens (tertiary/aromatic N) is 2. The molecule has 6 rings (SSSR count). The maximum atomic E-state index is 14.4. The van der Waals surface area contributed by atoms with Crippen molar-refractivity contribution in [2.45, 2.75) is 134 Å². The monoisotopic (exact) mass is 743 g/mol. The first kappa shape index (κ1) is 37.9. The molecule has 3 aliphatic heterocycles. The summed E-state index contributed by atoms with van der Waals surface area (Å²) >= 11 is 0. The molecule has 1 aromatic carbocycles. The van der Waals surface area contributed by atoms with Crippen LogP contribution in [0.3, 0.4) is 0 Å². The molecule has 2 aliphatic carbocycles. The smallest absolute Gasteiger partial charge is 0.410 e. The topological polar surface area (TPSA) is 156 Å². The van der Waals surface area contributed by atoms with Crippen LogP contribution in [0.15, 0.2) is 30.4 Å². The van der Waals surface area contributed by atoms with Crippen LogP contribution in [0.1, 0.15) is 109 Å². The number of rotatable bonds is 6. The molecule has 1 aromatic rings. The number of allylic oxidation sites excluding steroid dienone is 2. The van der Waals surface area contributed by atoms with Gasteiger partial charge >= 0.3 is 12.1 Å². The van der Waals surface area contributed by atoms with E-state index in [-0.39, 0.29) is 51.2 Å². The van der Waals surface area contributed by atoms with Crippen LogP contribution in [0.5, 0.6) is 0 Å². The van der Waals surface area contributed by atoms with Gasteiger partial charge in [-0.05, 0) is 83.8 Å². The lowest BCUT2D eigenvalue weighted by atomic mass is 9.90. The molecule has 5 aliphatic rings. The molecule has 0 spiro atoms. The van der Waals surface area contributed by atoms with Crippen LogP contribution in [-0.2, 0) is 51.8 Å². The number of hydrogen-bond donors (Lipinski definition) is 1. The minimum atomic E-state index is -3.97. The van der Waals surface area contributed by atoms with E-state index in [2.05, 4.69) is 4.72 Å². The Morgan fingerprint density at radius 2 is 1.83 bits per heavy atom. The van der Waals surface area contributed by atoms with E-state index in [1.807, 2.05) is 12.2 Å². The molecule has 0 radical (unpaired) electrons. The number of fused-ring (bicyclic) bond motifs is 3. The van der Waals surface area contributed by atoms with Gasteiger partial charge in [-0.15, -0.1) is 0 Å². The van der Waals surface area contributed by atoms with E-state index < -0.39 is 79.3 Å². The van der Waals surface area contributed by atoms with Crippen LogP contribution >= 0.6 is 0 Å². The highest BCUT2D eigenvalue weighted by atomic mass is 32.2. The molecular weight excluding hydrogens is 693 g/mol. The number of nitrogens with one attached hydrogen (secondary N) is 1. The highest BCUT2D eigenvalue weighted by molar-refractivity contribution is 7.91. The number of hydrogen-bond acceptors (Lipinski definition) is 9. The van der Waals surface area contributed by atoms with Crippen molar-refractivity contribution in [2.75, 3.05) is 6.54 Å². The summed E-state index contributed by atoms with van der Waals surface area (Å²) in [4.78, 5) is 71.7. The number of carbonyl (C=O) groups is 5. The van der Waals surface area contributed by atoms with E-state index in [0.29, 0.717) is 43.2 Å². The zero-order chi connectivity index (χ0) is 37.6. The standard InChI is InChI=1S/C38H50FN3O9S/c1-36(2,3)51-32(44)17-24-11-8-6-5-7-9-13-26-19-38(26,34(46)40-52(48,49)37(4)15-16-37)20-31(43)30-18-27(22-42(30)33(24)45)50-35(47)41-21-25-12-10-14-29(39)28(25)23-41/h9-10,12-14,24,26-27,30H,5-8,11,15-23H2,1-4H3,(H,40,46)/b13-9-/t24-,26-,27-,30+,38-/m1/s1. The zero-order valence-electron chi connectivity index (χ0n) is 30.5. The van der Waals surface area contributed by atoms with Crippen molar-refractivity contribution in [1.82, 2.24) is 14.5 Å². The number of carbonyl (C=O) groups excluding carboxylic acids is 5. The molecule has 3 heterocycles. The van der Waals surface area contributed by atoms with Gasteiger partial charge < -0.3 is 14.4 Å². The molecule has 1 N–H and O–H groups in total. The molecule has 0 unspecified atom stereocenters. The Kier molecular flexibility index (Phi) is 10.4. The number of ether oxygens (including phenoxy) is 2. The Morgan fingerprint density at radius 1 is 1.08 bits per heavy atom. The maximum absolute atomic E-state index is 14.4. The SMILES string of the molecule is CC(C)(C)OC(=O)C[C@H]1CCCCC/C=C\[C@@H]2C[C@@]2(C(=O)NS(=O)(=O)C2(C)CC2)CC(=O)[C@@H]2C[C@@H](OC(=O)N3Cc4cccc(F)c4C3)CN2C1=O. The maximum Gasteiger partial charge on any atom is 0.410 e. The van der Waals surface area contributed by atoms with Crippen LogP contribution in [0, 0.1) is 23.1 Å². The van der Waals surface area contributed by atoms with Gasteiger partial charge in [-0.2, -0.15) is 0 Å². The highest BCUT2D eigenvalue weighted by Gasteiger charge is 2.62. The molecule has 1 saturated heterocycles. The zero-order valence-corrected chi connectivity index (χ0v) is 31.3. The summed E-state index contributed by atoms with van der Waals surface area (Å²) in [6.45, 7) is 6.86.